The van der Waals surface area contributed by atoms with Crippen molar-refractivity contribution in [2.45, 2.75) is 25.4 Å². The maximum atomic E-state index is 12.4. The maximum absolute atomic E-state index is 12.4. The lowest BCUT2D eigenvalue weighted by molar-refractivity contribution is -0.176. The van der Waals surface area contributed by atoms with Crippen LogP contribution in [0.25, 0.3) is 0 Å². The van der Waals surface area contributed by atoms with Gasteiger partial charge < -0.3 is 14.7 Å². The third-order valence-electron chi connectivity index (χ3n) is 4.50. The van der Waals surface area contributed by atoms with Crippen molar-refractivity contribution in [1.29, 1.82) is 0 Å². The normalized spacial score (nSPS) is 34.4. The molecule has 0 aromatic heterocycles. The number of ether oxygens (including phenoxy) is 1. The molecule has 0 radical (unpaired) electrons. The quantitative estimate of drug-likeness (QED) is 0.767. The lowest BCUT2D eigenvalue weighted by Gasteiger charge is -2.48. The van der Waals surface area contributed by atoms with Crippen LogP contribution < -0.4 is 0 Å². The van der Waals surface area contributed by atoms with Gasteiger partial charge in [-0.25, -0.2) is 4.79 Å². The molecule has 2 aliphatic carbocycles. The second-order valence-electron chi connectivity index (χ2n) is 6.21. The van der Waals surface area contributed by atoms with E-state index in [0.717, 1.165) is 12.8 Å². The first kappa shape index (κ1) is 12.7. The standard InChI is InChI=1S/C14H19NO4/c1-14(19-6-12(16)17)7-15(8-14)13(18)11-5-9-2-3-10(11)4-9/h2-3,9-11H,4-8H2,1H3,(H,16,17). The van der Waals surface area contributed by atoms with Crippen molar-refractivity contribution in [3.8, 4) is 0 Å². The van der Waals surface area contributed by atoms with Crippen LogP contribution in [0.2, 0.25) is 0 Å². The highest BCUT2D eigenvalue weighted by Crippen LogP contribution is 2.45. The zero-order chi connectivity index (χ0) is 13.6. The summed E-state index contributed by atoms with van der Waals surface area (Å²) in [5, 5.41) is 8.60. The van der Waals surface area contributed by atoms with Gasteiger partial charge in [0, 0.05) is 5.92 Å². The highest BCUT2D eigenvalue weighted by molar-refractivity contribution is 5.81. The molecule has 1 amide bonds. The number of hydrogen-bond donors (Lipinski definition) is 1. The molecule has 1 saturated carbocycles. The van der Waals surface area contributed by atoms with Crippen LogP contribution in [0, 0.1) is 17.8 Å². The zero-order valence-corrected chi connectivity index (χ0v) is 11.0. The van der Waals surface area contributed by atoms with Gasteiger partial charge in [0.05, 0.1) is 13.1 Å². The molecule has 3 aliphatic rings. The van der Waals surface area contributed by atoms with Crippen LogP contribution in [0.4, 0.5) is 0 Å². The summed E-state index contributed by atoms with van der Waals surface area (Å²) in [5.74, 6) is 0.399. The largest absolute Gasteiger partial charge is 0.480 e. The van der Waals surface area contributed by atoms with Crippen LogP contribution in [-0.2, 0) is 14.3 Å². The number of hydrogen-bond acceptors (Lipinski definition) is 3. The van der Waals surface area contributed by atoms with E-state index in [1.165, 1.54) is 0 Å². The van der Waals surface area contributed by atoms with E-state index in [9.17, 15) is 9.59 Å². The second kappa shape index (κ2) is 4.34. The van der Waals surface area contributed by atoms with Gasteiger partial charge in [-0.05, 0) is 31.6 Å². The molecule has 3 atom stereocenters. The summed E-state index contributed by atoms with van der Waals surface area (Å²) in [6, 6.07) is 0. The summed E-state index contributed by atoms with van der Waals surface area (Å²) < 4.78 is 5.32. The van der Waals surface area contributed by atoms with Gasteiger partial charge in [0.15, 0.2) is 0 Å². The fraction of sp³-hybridized carbons (Fsp3) is 0.714. The van der Waals surface area contributed by atoms with Gasteiger partial charge in [-0.2, -0.15) is 0 Å². The highest BCUT2D eigenvalue weighted by Gasteiger charge is 2.48. The molecule has 3 rings (SSSR count). The predicted molar refractivity (Wildman–Crippen MR) is 67.4 cm³/mol. The Kier molecular flexibility index (Phi) is 2.89. The molecule has 2 fully saturated rings. The van der Waals surface area contributed by atoms with Gasteiger partial charge >= 0.3 is 5.97 Å². The topological polar surface area (TPSA) is 66.8 Å². The molecule has 0 aromatic rings. The molecule has 0 aromatic carbocycles. The SMILES string of the molecule is CC1(OCC(=O)O)CN(C(=O)C2CC3C=CC2C3)C1. The summed E-state index contributed by atoms with van der Waals surface area (Å²) in [4.78, 5) is 24.7. The van der Waals surface area contributed by atoms with Gasteiger partial charge in [0.2, 0.25) is 5.91 Å². The van der Waals surface area contributed by atoms with Crippen molar-refractivity contribution in [1.82, 2.24) is 4.90 Å². The average molecular weight is 265 g/mol. The average Bonchev–Trinajstić information content (AvgIpc) is 2.94. The van der Waals surface area contributed by atoms with Gasteiger partial charge in [0.25, 0.3) is 0 Å². The van der Waals surface area contributed by atoms with Crippen molar-refractivity contribution in [2.75, 3.05) is 19.7 Å². The molecule has 19 heavy (non-hydrogen) atoms. The Hall–Kier alpha value is -1.36. The first-order valence-corrected chi connectivity index (χ1v) is 6.80. The van der Waals surface area contributed by atoms with Crippen molar-refractivity contribution in [2.24, 2.45) is 17.8 Å². The molecule has 0 spiro atoms. The highest BCUT2D eigenvalue weighted by atomic mass is 16.5. The van der Waals surface area contributed by atoms with Crippen molar-refractivity contribution in [3.05, 3.63) is 12.2 Å². The summed E-state index contributed by atoms with van der Waals surface area (Å²) >= 11 is 0. The Morgan fingerprint density at radius 3 is 2.63 bits per heavy atom. The molecular formula is C14H19NO4. The van der Waals surface area contributed by atoms with Crippen LogP contribution in [0.15, 0.2) is 12.2 Å². The minimum absolute atomic E-state index is 0.138. The first-order chi connectivity index (χ1) is 8.97. The third kappa shape index (κ3) is 2.27. The molecular weight excluding hydrogens is 246 g/mol. The number of carbonyl (C=O) groups is 2. The Morgan fingerprint density at radius 1 is 1.37 bits per heavy atom. The molecule has 5 heteroatoms. The Balaban J connectivity index is 1.52. The molecule has 1 aliphatic heterocycles. The van der Waals surface area contributed by atoms with Crippen LogP contribution in [0.3, 0.4) is 0 Å². The van der Waals surface area contributed by atoms with Crippen LogP contribution in [-0.4, -0.2) is 47.2 Å². The van der Waals surface area contributed by atoms with E-state index in [4.69, 9.17) is 9.84 Å². The fourth-order valence-corrected chi connectivity index (χ4v) is 3.54. The van der Waals surface area contributed by atoms with E-state index in [2.05, 4.69) is 12.2 Å². The van der Waals surface area contributed by atoms with E-state index < -0.39 is 11.6 Å². The molecule has 1 heterocycles. The lowest BCUT2D eigenvalue weighted by atomic mass is 9.88. The van der Waals surface area contributed by atoms with E-state index in [1.54, 1.807) is 4.90 Å². The molecule has 5 nitrogen and oxygen atoms in total. The number of carboxylic acids is 1. The van der Waals surface area contributed by atoms with Crippen molar-refractivity contribution >= 4 is 11.9 Å². The summed E-state index contributed by atoms with van der Waals surface area (Å²) in [6.45, 7) is 2.59. The number of amides is 1. The first-order valence-electron chi connectivity index (χ1n) is 6.80. The van der Waals surface area contributed by atoms with E-state index in [-0.39, 0.29) is 18.4 Å². The number of fused-ring (bicyclic) bond motifs is 2. The molecule has 104 valence electrons. The number of aliphatic carboxylic acids is 1. The number of carbonyl (C=O) groups excluding carboxylic acids is 1. The number of likely N-dealkylation sites (tertiary alicyclic amines) is 1. The summed E-state index contributed by atoms with van der Waals surface area (Å²) in [5.41, 5.74) is -0.485. The molecule has 3 unspecified atom stereocenters. The minimum Gasteiger partial charge on any atom is -0.480 e. The molecule has 1 N–H and O–H groups in total. The summed E-state index contributed by atoms with van der Waals surface area (Å²) in [7, 11) is 0. The maximum Gasteiger partial charge on any atom is 0.329 e. The van der Waals surface area contributed by atoms with E-state index in [0.29, 0.717) is 24.9 Å². The van der Waals surface area contributed by atoms with Crippen molar-refractivity contribution < 1.29 is 19.4 Å². The van der Waals surface area contributed by atoms with E-state index in [1.807, 2.05) is 6.92 Å². The minimum atomic E-state index is -0.968. The Labute approximate surface area is 112 Å². The zero-order valence-electron chi connectivity index (χ0n) is 11.0. The predicted octanol–water partition coefficient (Wildman–Crippen LogP) is 0.901. The van der Waals surface area contributed by atoms with E-state index >= 15 is 0 Å². The molecule has 2 bridgehead atoms. The van der Waals surface area contributed by atoms with Crippen molar-refractivity contribution in [3.63, 3.8) is 0 Å². The monoisotopic (exact) mass is 265 g/mol. The van der Waals surface area contributed by atoms with Crippen LogP contribution in [0.5, 0.6) is 0 Å². The van der Waals surface area contributed by atoms with Gasteiger partial charge in [-0.15, -0.1) is 0 Å². The number of nitrogens with zero attached hydrogens (tertiary/aromatic N) is 1. The molecule has 1 saturated heterocycles. The van der Waals surface area contributed by atoms with Gasteiger partial charge in [-0.1, -0.05) is 12.2 Å². The summed E-state index contributed by atoms with van der Waals surface area (Å²) in [6.07, 6.45) is 6.50. The Morgan fingerprint density at radius 2 is 2.11 bits per heavy atom. The number of allylic oxidation sites excluding steroid dienone is 2. The van der Waals surface area contributed by atoms with Crippen LogP contribution >= 0.6 is 0 Å². The smallest absolute Gasteiger partial charge is 0.329 e. The fourth-order valence-electron chi connectivity index (χ4n) is 3.54. The van der Waals surface area contributed by atoms with Crippen LogP contribution in [0.1, 0.15) is 19.8 Å². The number of carboxylic acid groups (broad SMARTS) is 1. The third-order valence-corrected chi connectivity index (χ3v) is 4.50. The van der Waals surface area contributed by atoms with Gasteiger partial charge in [0.1, 0.15) is 12.2 Å². The number of rotatable bonds is 4. The van der Waals surface area contributed by atoms with Gasteiger partial charge in [-0.3, -0.25) is 4.79 Å². The lowest BCUT2D eigenvalue weighted by Crippen LogP contribution is -2.64. The Bertz CT molecular complexity index is 439. The second-order valence-corrected chi connectivity index (χ2v) is 6.21.